The SMILES string of the molecule is N#Cc1cc([N+](=O)[O-])ccc1N1CCN(C(=O)Cc2ccccc2)CC1. The molecular formula is C19H18N4O3. The number of amides is 1. The standard InChI is InChI=1S/C19H18N4O3/c20-14-16-13-17(23(25)26)6-7-18(16)21-8-10-22(11-9-21)19(24)12-15-4-2-1-3-5-15/h1-7,13H,8-12H2. The van der Waals surface area contributed by atoms with Crippen molar-refractivity contribution in [3.8, 4) is 6.07 Å². The second kappa shape index (κ2) is 7.66. The first-order valence-corrected chi connectivity index (χ1v) is 8.33. The lowest BCUT2D eigenvalue weighted by atomic mass is 10.1. The molecule has 1 saturated heterocycles. The van der Waals surface area contributed by atoms with E-state index in [0.717, 1.165) is 5.56 Å². The molecule has 0 spiro atoms. The number of piperazine rings is 1. The largest absolute Gasteiger partial charge is 0.367 e. The summed E-state index contributed by atoms with van der Waals surface area (Å²) in [5.74, 6) is 0.0834. The fourth-order valence-electron chi connectivity index (χ4n) is 3.08. The molecule has 1 aliphatic rings. The summed E-state index contributed by atoms with van der Waals surface area (Å²) in [6.07, 6.45) is 0.377. The van der Waals surface area contributed by atoms with Crippen molar-refractivity contribution in [3.63, 3.8) is 0 Å². The van der Waals surface area contributed by atoms with Crippen LogP contribution in [0.2, 0.25) is 0 Å². The maximum Gasteiger partial charge on any atom is 0.270 e. The van der Waals surface area contributed by atoms with Gasteiger partial charge in [-0.25, -0.2) is 0 Å². The lowest BCUT2D eigenvalue weighted by Gasteiger charge is -2.36. The normalized spacial score (nSPS) is 14.0. The third-order valence-electron chi connectivity index (χ3n) is 4.48. The van der Waals surface area contributed by atoms with E-state index >= 15 is 0 Å². The fraction of sp³-hybridized carbons (Fsp3) is 0.263. The van der Waals surface area contributed by atoms with Gasteiger partial charge in [0, 0.05) is 38.3 Å². The zero-order valence-corrected chi connectivity index (χ0v) is 14.2. The van der Waals surface area contributed by atoms with E-state index in [2.05, 4.69) is 0 Å². The number of hydrogen-bond acceptors (Lipinski definition) is 5. The van der Waals surface area contributed by atoms with Gasteiger partial charge >= 0.3 is 0 Å². The van der Waals surface area contributed by atoms with Crippen molar-refractivity contribution in [2.75, 3.05) is 31.1 Å². The van der Waals surface area contributed by atoms with Crippen molar-refractivity contribution in [3.05, 3.63) is 69.8 Å². The topological polar surface area (TPSA) is 90.5 Å². The van der Waals surface area contributed by atoms with Gasteiger partial charge in [0.05, 0.1) is 22.6 Å². The highest BCUT2D eigenvalue weighted by atomic mass is 16.6. The molecule has 1 amide bonds. The fourth-order valence-corrected chi connectivity index (χ4v) is 3.08. The van der Waals surface area contributed by atoms with Gasteiger partial charge in [0.1, 0.15) is 6.07 Å². The third-order valence-corrected chi connectivity index (χ3v) is 4.48. The van der Waals surface area contributed by atoms with E-state index in [0.29, 0.717) is 38.3 Å². The lowest BCUT2D eigenvalue weighted by molar-refractivity contribution is -0.384. The molecule has 2 aromatic carbocycles. The van der Waals surface area contributed by atoms with Crippen LogP contribution in [0.3, 0.4) is 0 Å². The highest BCUT2D eigenvalue weighted by Crippen LogP contribution is 2.26. The van der Waals surface area contributed by atoms with Crippen LogP contribution in [0.1, 0.15) is 11.1 Å². The number of hydrogen-bond donors (Lipinski definition) is 0. The van der Waals surface area contributed by atoms with Gasteiger partial charge in [0.15, 0.2) is 0 Å². The molecular weight excluding hydrogens is 332 g/mol. The average Bonchev–Trinajstić information content (AvgIpc) is 2.68. The van der Waals surface area contributed by atoms with Gasteiger partial charge in [-0.05, 0) is 11.6 Å². The Labute approximate surface area is 151 Å². The second-order valence-corrected chi connectivity index (χ2v) is 6.10. The first-order chi connectivity index (χ1) is 12.6. The van der Waals surface area contributed by atoms with Gasteiger partial charge in [-0.2, -0.15) is 5.26 Å². The Bertz CT molecular complexity index is 853. The zero-order valence-electron chi connectivity index (χ0n) is 14.2. The Balaban J connectivity index is 1.64. The van der Waals surface area contributed by atoms with Crippen molar-refractivity contribution in [1.29, 1.82) is 5.26 Å². The molecule has 0 aromatic heterocycles. The molecule has 0 N–H and O–H groups in total. The Morgan fingerprint density at radius 2 is 1.81 bits per heavy atom. The summed E-state index contributed by atoms with van der Waals surface area (Å²) in [5, 5.41) is 20.2. The van der Waals surface area contributed by atoms with Crippen LogP contribution in [0, 0.1) is 21.4 Å². The number of anilines is 1. The molecule has 0 unspecified atom stereocenters. The number of nitro benzene ring substituents is 1. The highest BCUT2D eigenvalue weighted by Gasteiger charge is 2.23. The van der Waals surface area contributed by atoms with Gasteiger partial charge in [0.2, 0.25) is 5.91 Å². The Morgan fingerprint density at radius 3 is 2.42 bits per heavy atom. The van der Waals surface area contributed by atoms with Gasteiger partial charge < -0.3 is 9.80 Å². The van der Waals surface area contributed by atoms with Crippen molar-refractivity contribution < 1.29 is 9.72 Å². The highest BCUT2D eigenvalue weighted by molar-refractivity contribution is 5.79. The monoisotopic (exact) mass is 350 g/mol. The molecule has 0 aliphatic carbocycles. The van der Waals surface area contributed by atoms with E-state index in [9.17, 15) is 20.2 Å². The third kappa shape index (κ3) is 3.81. The molecule has 7 heteroatoms. The van der Waals surface area contributed by atoms with E-state index in [1.165, 1.54) is 12.1 Å². The van der Waals surface area contributed by atoms with Crippen LogP contribution in [0.25, 0.3) is 0 Å². The van der Waals surface area contributed by atoms with Crippen LogP contribution in [0.15, 0.2) is 48.5 Å². The summed E-state index contributed by atoms with van der Waals surface area (Å²) in [6.45, 7) is 2.31. The molecule has 1 fully saturated rings. The molecule has 7 nitrogen and oxygen atoms in total. The predicted molar refractivity (Wildman–Crippen MR) is 96.8 cm³/mol. The summed E-state index contributed by atoms with van der Waals surface area (Å²) >= 11 is 0. The minimum Gasteiger partial charge on any atom is -0.367 e. The lowest BCUT2D eigenvalue weighted by Crippen LogP contribution is -2.49. The number of benzene rings is 2. The number of nitriles is 1. The van der Waals surface area contributed by atoms with Gasteiger partial charge in [-0.15, -0.1) is 0 Å². The van der Waals surface area contributed by atoms with E-state index in [1.54, 1.807) is 6.07 Å². The molecule has 132 valence electrons. The van der Waals surface area contributed by atoms with Gasteiger partial charge in [-0.1, -0.05) is 30.3 Å². The number of carbonyl (C=O) groups excluding carboxylic acids is 1. The van der Waals surface area contributed by atoms with Crippen LogP contribution < -0.4 is 4.90 Å². The van der Waals surface area contributed by atoms with Crippen LogP contribution in [-0.2, 0) is 11.2 Å². The van der Waals surface area contributed by atoms with Crippen molar-refractivity contribution in [1.82, 2.24) is 4.90 Å². The van der Waals surface area contributed by atoms with Crippen LogP contribution >= 0.6 is 0 Å². The smallest absolute Gasteiger partial charge is 0.270 e. The van der Waals surface area contributed by atoms with E-state index < -0.39 is 4.92 Å². The average molecular weight is 350 g/mol. The zero-order chi connectivity index (χ0) is 18.5. The Hall–Kier alpha value is -3.40. The minimum absolute atomic E-state index is 0.0834. The summed E-state index contributed by atoms with van der Waals surface area (Å²) in [4.78, 5) is 26.6. The van der Waals surface area contributed by atoms with E-state index in [4.69, 9.17) is 0 Å². The van der Waals surface area contributed by atoms with Crippen LogP contribution in [-0.4, -0.2) is 41.9 Å². The molecule has 1 heterocycles. The minimum atomic E-state index is -0.509. The Morgan fingerprint density at radius 1 is 1.12 bits per heavy atom. The van der Waals surface area contributed by atoms with Crippen molar-refractivity contribution >= 4 is 17.3 Å². The molecule has 2 aromatic rings. The molecule has 0 atom stereocenters. The molecule has 26 heavy (non-hydrogen) atoms. The molecule has 0 radical (unpaired) electrons. The molecule has 0 bridgehead atoms. The quantitative estimate of drug-likeness (QED) is 0.624. The van der Waals surface area contributed by atoms with Crippen LogP contribution in [0.5, 0.6) is 0 Å². The second-order valence-electron chi connectivity index (χ2n) is 6.10. The van der Waals surface area contributed by atoms with Gasteiger partial charge in [-0.3, -0.25) is 14.9 Å². The van der Waals surface area contributed by atoms with Crippen LogP contribution in [0.4, 0.5) is 11.4 Å². The number of non-ortho nitro benzene ring substituents is 1. The Kier molecular flexibility index (Phi) is 5.13. The van der Waals surface area contributed by atoms with E-state index in [1.807, 2.05) is 46.2 Å². The number of carbonyl (C=O) groups is 1. The number of rotatable bonds is 4. The number of nitrogens with zero attached hydrogens (tertiary/aromatic N) is 4. The molecule has 3 rings (SSSR count). The maximum atomic E-state index is 12.4. The summed E-state index contributed by atoms with van der Waals surface area (Å²) in [5.41, 5.74) is 1.85. The summed E-state index contributed by atoms with van der Waals surface area (Å²) < 4.78 is 0. The van der Waals surface area contributed by atoms with Crippen molar-refractivity contribution in [2.45, 2.75) is 6.42 Å². The maximum absolute atomic E-state index is 12.4. The molecule has 0 saturated carbocycles. The number of nitro groups is 1. The molecule has 1 aliphatic heterocycles. The first kappa shape index (κ1) is 17.4. The summed E-state index contributed by atoms with van der Waals surface area (Å²) in [6, 6.07) is 16.0. The van der Waals surface area contributed by atoms with E-state index in [-0.39, 0.29) is 17.2 Å². The first-order valence-electron chi connectivity index (χ1n) is 8.33. The summed E-state index contributed by atoms with van der Waals surface area (Å²) in [7, 11) is 0. The predicted octanol–water partition coefficient (Wildman–Crippen LogP) is 2.36. The van der Waals surface area contributed by atoms with Crippen molar-refractivity contribution in [2.24, 2.45) is 0 Å². The van der Waals surface area contributed by atoms with Gasteiger partial charge in [0.25, 0.3) is 5.69 Å².